The summed E-state index contributed by atoms with van der Waals surface area (Å²) in [6.45, 7) is 7.25. The minimum atomic E-state index is -0.0914. The summed E-state index contributed by atoms with van der Waals surface area (Å²) in [6, 6.07) is 1.82. The Kier molecular flexibility index (Phi) is 4.85. The predicted octanol–water partition coefficient (Wildman–Crippen LogP) is 4.52. The number of nitrogens with zero attached hydrogens (tertiary/aromatic N) is 2. The van der Waals surface area contributed by atoms with E-state index in [-0.39, 0.29) is 5.41 Å². The Balaban J connectivity index is 2.11. The van der Waals surface area contributed by atoms with Crippen molar-refractivity contribution in [3.8, 4) is 0 Å². The molecule has 1 aromatic heterocycles. The molecule has 1 aliphatic rings. The Hall–Kier alpha value is -0.480. The molecule has 0 unspecified atom stereocenters. The first-order valence-electron chi connectivity index (χ1n) is 7.19. The molecule has 3 nitrogen and oxygen atoms in total. The molecule has 1 N–H and O–H groups in total. The van der Waals surface area contributed by atoms with Gasteiger partial charge in [0, 0.05) is 22.8 Å². The molecule has 1 saturated carbocycles. The number of rotatable bonds is 4. The van der Waals surface area contributed by atoms with Crippen LogP contribution < -0.4 is 5.32 Å². The summed E-state index contributed by atoms with van der Waals surface area (Å²) in [6.07, 6.45) is 7.44. The van der Waals surface area contributed by atoms with Gasteiger partial charge in [-0.25, -0.2) is 9.97 Å². The van der Waals surface area contributed by atoms with Crippen molar-refractivity contribution < 1.29 is 0 Å². The summed E-state index contributed by atoms with van der Waals surface area (Å²) in [5, 5.41) is 3.99. The highest BCUT2D eigenvalue weighted by atomic mass is 35.5. The highest BCUT2D eigenvalue weighted by Crippen LogP contribution is 2.40. The third kappa shape index (κ3) is 3.79. The van der Waals surface area contributed by atoms with E-state index in [9.17, 15) is 0 Å². The molecule has 1 heterocycles. The van der Waals surface area contributed by atoms with Crippen LogP contribution in [0.4, 0.5) is 5.82 Å². The lowest BCUT2D eigenvalue weighted by molar-refractivity contribution is 0.545. The van der Waals surface area contributed by atoms with Crippen molar-refractivity contribution in [2.75, 3.05) is 18.1 Å². The first kappa shape index (κ1) is 15.9. The maximum Gasteiger partial charge on any atom is 0.137 e. The van der Waals surface area contributed by atoms with Crippen molar-refractivity contribution in [3.63, 3.8) is 0 Å². The number of thioether (sulfide) groups is 1. The van der Waals surface area contributed by atoms with Gasteiger partial charge in [-0.3, -0.25) is 0 Å². The number of anilines is 1. The third-order valence-corrected chi connectivity index (χ3v) is 5.52. The van der Waals surface area contributed by atoms with Gasteiger partial charge in [0.1, 0.15) is 16.8 Å². The first-order valence-corrected chi connectivity index (χ1v) is 8.79. The molecule has 20 heavy (non-hydrogen) atoms. The van der Waals surface area contributed by atoms with E-state index in [0.29, 0.717) is 9.90 Å². The molecule has 0 aromatic carbocycles. The standard InChI is InChI=1S/C15H24ClN3S/c1-14(2,3)13-18-11(16)9-12(19-13)17-10-15(20-4)7-5-6-8-15/h9H,5-8,10H2,1-4H3,(H,17,18,19). The molecule has 2 rings (SSSR count). The van der Waals surface area contributed by atoms with Crippen molar-refractivity contribution in [2.45, 2.75) is 56.6 Å². The summed E-state index contributed by atoms with van der Waals surface area (Å²) < 4.78 is 0.360. The summed E-state index contributed by atoms with van der Waals surface area (Å²) in [4.78, 5) is 8.95. The van der Waals surface area contributed by atoms with Crippen molar-refractivity contribution in [3.05, 3.63) is 17.0 Å². The maximum atomic E-state index is 6.12. The highest BCUT2D eigenvalue weighted by molar-refractivity contribution is 8.00. The second-order valence-electron chi connectivity index (χ2n) is 6.60. The van der Waals surface area contributed by atoms with Crippen LogP contribution in [-0.2, 0) is 5.41 Å². The van der Waals surface area contributed by atoms with Gasteiger partial charge in [-0.15, -0.1) is 0 Å². The summed E-state index contributed by atoms with van der Waals surface area (Å²) in [5.74, 6) is 1.63. The lowest BCUT2D eigenvalue weighted by Gasteiger charge is -2.27. The normalized spacial score (nSPS) is 18.2. The zero-order valence-electron chi connectivity index (χ0n) is 12.8. The summed E-state index contributed by atoms with van der Waals surface area (Å²) >= 11 is 8.10. The number of hydrogen-bond donors (Lipinski definition) is 1. The molecule has 5 heteroatoms. The third-order valence-electron chi connectivity index (χ3n) is 3.91. The zero-order chi connectivity index (χ0) is 14.8. The molecule has 0 atom stereocenters. The van der Waals surface area contributed by atoms with E-state index in [1.165, 1.54) is 25.7 Å². The van der Waals surface area contributed by atoms with Crippen LogP contribution in [0.2, 0.25) is 5.15 Å². The van der Waals surface area contributed by atoms with Crippen LogP contribution in [0.3, 0.4) is 0 Å². The molecule has 112 valence electrons. The Labute approximate surface area is 131 Å². The Morgan fingerprint density at radius 2 is 1.95 bits per heavy atom. The predicted molar refractivity (Wildman–Crippen MR) is 88.9 cm³/mol. The molecular formula is C15H24ClN3S. The zero-order valence-corrected chi connectivity index (χ0v) is 14.4. The topological polar surface area (TPSA) is 37.8 Å². The average Bonchev–Trinajstić information content (AvgIpc) is 2.84. The van der Waals surface area contributed by atoms with Crippen LogP contribution in [0.1, 0.15) is 52.3 Å². The SMILES string of the molecule is CSC1(CNc2cc(Cl)nc(C(C)(C)C)n2)CCCC1. The first-order chi connectivity index (χ1) is 9.35. The Morgan fingerprint density at radius 3 is 2.50 bits per heavy atom. The van der Waals surface area contributed by atoms with Crippen molar-refractivity contribution in [1.82, 2.24) is 9.97 Å². The molecule has 0 saturated heterocycles. The molecule has 1 aliphatic carbocycles. The van der Waals surface area contributed by atoms with Crippen molar-refractivity contribution in [1.29, 1.82) is 0 Å². The van der Waals surface area contributed by atoms with Gasteiger partial charge < -0.3 is 5.32 Å². The summed E-state index contributed by atoms with van der Waals surface area (Å²) in [5.41, 5.74) is -0.0914. The van der Waals surface area contributed by atoms with E-state index in [4.69, 9.17) is 11.6 Å². The van der Waals surface area contributed by atoms with Gasteiger partial charge in [0.15, 0.2) is 0 Å². The number of nitrogens with one attached hydrogen (secondary N) is 1. The maximum absolute atomic E-state index is 6.12. The molecular weight excluding hydrogens is 290 g/mol. The van der Waals surface area contributed by atoms with Crippen LogP contribution in [0.15, 0.2) is 6.07 Å². The second kappa shape index (κ2) is 6.10. The van der Waals surface area contributed by atoms with Crippen LogP contribution in [0, 0.1) is 0 Å². The molecule has 0 aliphatic heterocycles. The molecule has 1 aromatic rings. The monoisotopic (exact) mass is 313 g/mol. The van der Waals surface area contributed by atoms with Gasteiger partial charge in [0.25, 0.3) is 0 Å². The van der Waals surface area contributed by atoms with Crippen LogP contribution in [-0.4, -0.2) is 27.5 Å². The van der Waals surface area contributed by atoms with Gasteiger partial charge in [-0.05, 0) is 19.1 Å². The van der Waals surface area contributed by atoms with Crippen LogP contribution in [0.5, 0.6) is 0 Å². The smallest absolute Gasteiger partial charge is 0.137 e. The van der Waals surface area contributed by atoms with E-state index in [1.54, 1.807) is 0 Å². The molecule has 0 radical (unpaired) electrons. The van der Waals surface area contributed by atoms with E-state index < -0.39 is 0 Å². The summed E-state index contributed by atoms with van der Waals surface area (Å²) in [7, 11) is 0. The van der Waals surface area contributed by atoms with Crippen LogP contribution >= 0.6 is 23.4 Å². The quantitative estimate of drug-likeness (QED) is 0.830. The van der Waals surface area contributed by atoms with Gasteiger partial charge in [0.05, 0.1) is 0 Å². The number of halogens is 1. The average molecular weight is 314 g/mol. The lowest BCUT2D eigenvalue weighted by Crippen LogP contribution is -2.30. The Morgan fingerprint density at radius 1 is 1.30 bits per heavy atom. The highest BCUT2D eigenvalue weighted by Gasteiger charge is 2.32. The number of hydrogen-bond acceptors (Lipinski definition) is 4. The Bertz CT molecular complexity index is 465. The minimum absolute atomic E-state index is 0.0914. The molecule has 1 fully saturated rings. The van der Waals surface area contributed by atoms with Gasteiger partial charge in [-0.2, -0.15) is 11.8 Å². The fourth-order valence-corrected chi connectivity index (χ4v) is 3.66. The molecule has 0 bridgehead atoms. The van der Waals surface area contributed by atoms with Crippen molar-refractivity contribution in [2.24, 2.45) is 0 Å². The van der Waals surface area contributed by atoms with Gasteiger partial charge >= 0.3 is 0 Å². The van der Waals surface area contributed by atoms with E-state index in [1.807, 2.05) is 17.8 Å². The second-order valence-corrected chi connectivity index (χ2v) is 8.26. The fraction of sp³-hybridized carbons (Fsp3) is 0.733. The van der Waals surface area contributed by atoms with Gasteiger partial charge in [-0.1, -0.05) is 45.2 Å². The van der Waals surface area contributed by atoms with Crippen LogP contribution in [0.25, 0.3) is 0 Å². The number of aromatic nitrogens is 2. The fourth-order valence-electron chi connectivity index (χ4n) is 2.57. The largest absolute Gasteiger partial charge is 0.369 e. The lowest BCUT2D eigenvalue weighted by atomic mass is 9.96. The van der Waals surface area contributed by atoms with Gasteiger partial charge in [0.2, 0.25) is 0 Å². The minimum Gasteiger partial charge on any atom is -0.369 e. The van der Waals surface area contributed by atoms with Crippen molar-refractivity contribution >= 4 is 29.2 Å². The molecule has 0 spiro atoms. The van der Waals surface area contributed by atoms with E-state index in [0.717, 1.165) is 18.2 Å². The molecule has 0 amide bonds. The van der Waals surface area contributed by atoms with E-state index >= 15 is 0 Å². The van der Waals surface area contributed by atoms with E-state index in [2.05, 4.69) is 42.3 Å².